The van der Waals surface area contributed by atoms with Crippen molar-refractivity contribution in [1.82, 2.24) is 15.5 Å². The van der Waals surface area contributed by atoms with Crippen LogP contribution in [0.5, 0.6) is 0 Å². The van der Waals surface area contributed by atoms with Gasteiger partial charge in [0, 0.05) is 30.5 Å². The summed E-state index contributed by atoms with van der Waals surface area (Å²) in [7, 11) is 0. The van der Waals surface area contributed by atoms with Crippen molar-refractivity contribution in [2.75, 3.05) is 11.4 Å². The van der Waals surface area contributed by atoms with E-state index >= 15 is 0 Å². The number of benzene rings is 2. The maximum atomic E-state index is 13.7. The molecule has 1 saturated heterocycles. The molecule has 2 amide bonds. The molecule has 1 aliphatic rings. The highest BCUT2D eigenvalue weighted by Crippen LogP contribution is 2.29. The van der Waals surface area contributed by atoms with Gasteiger partial charge in [-0.3, -0.25) is 19.6 Å². The highest BCUT2D eigenvalue weighted by Gasteiger charge is 2.36. The maximum Gasteiger partial charge on any atom is 0.229 e. The summed E-state index contributed by atoms with van der Waals surface area (Å²) in [5.74, 6) is -0.711. The Bertz CT molecular complexity index is 984. The summed E-state index contributed by atoms with van der Waals surface area (Å²) in [5, 5.41) is 10.7. The molecule has 0 saturated carbocycles. The number of anilines is 1. The zero-order valence-electron chi connectivity index (χ0n) is 13.9. The Hall–Kier alpha value is -3.22. The van der Waals surface area contributed by atoms with Crippen molar-refractivity contribution in [2.45, 2.75) is 13.0 Å². The van der Waals surface area contributed by atoms with Crippen molar-refractivity contribution < 1.29 is 14.0 Å². The van der Waals surface area contributed by atoms with Gasteiger partial charge in [-0.25, -0.2) is 4.39 Å². The quantitative estimate of drug-likeness (QED) is 0.757. The zero-order chi connectivity index (χ0) is 18.1. The van der Waals surface area contributed by atoms with Gasteiger partial charge in [0.1, 0.15) is 5.82 Å². The van der Waals surface area contributed by atoms with E-state index in [2.05, 4.69) is 15.5 Å². The number of halogens is 1. The topological polar surface area (TPSA) is 78.1 Å². The summed E-state index contributed by atoms with van der Waals surface area (Å²) in [6.07, 6.45) is 0.115. The SMILES string of the molecule is O=C(NCc1ccccc1F)[C@@H]1CC(=O)N(c2n[nH]c3ccccc23)C1. The number of para-hydroxylation sites is 1. The van der Waals surface area contributed by atoms with Gasteiger partial charge in [0.25, 0.3) is 0 Å². The van der Waals surface area contributed by atoms with Gasteiger partial charge >= 0.3 is 0 Å². The fourth-order valence-electron chi connectivity index (χ4n) is 3.21. The summed E-state index contributed by atoms with van der Waals surface area (Å²) >= 11 is 0. The van der Waals surface area contributed by atoms with Gasteiger partial charge < -0.3 is 5.32 Å². The third-order valence-corrected chi connectivity index (χ3v) is 4.61. The summed E-state index contributed by atoms with van der Waals surface area (Å²) in [6, 6.07) is 13.8. The average molecular weight is 352 g/mol. The third-order valence-electron chi connectivity index (χ3n) is 4.61. The summed E-state index contributed by atoms with van der Waals surface area (Å²) in [4.78, 5) is 26.3. The second-order valence-corrected chi connectivity index (χ2v) is 6.31. The molecule has 7 heteroatoms. The van der Waals surface area contributed by atoms with Gasteiger partial charge in [0.2, 0.25) is 11.8 Å². The van der Waals surface area contributed by atoms with Crippen LogP contribution in [0.3, 0.4) is 0 Å². The Labute approximate surface area is 149 Å². The molecule has 1 aromatic heterocycles. The fourth-order valence-corrected chi connectivity index (χ4v) is 3.21. The number of fused-ring (bicyclic) bond motifs is 1. The molecule has 0 unspecified atom stereocenters. The predicted octanol–water partition coefficient (Wildman–Crippen LogP) is 2.37. The molecular weight excluding hydrogens is 335 g/mol. The number of amides is 2. The Morgan fingerprint density at radius 1 is 1.23 bits per heavy atom. The van der Waals surface area contributed by atoms with E-state index in [1.54, 1.807) is 18.2 Å². The number of aromatic amines is 1. The van der Waals surface area contributed by atoms with E-state index in [1.807, 2.05) is 24.3 Å². The van der Waals surface area contributed by atoms with Crippen LogP contribution in [0.2, 0.25) is 0 Å². The van der Waals surface area contributed by atoms with Gasteiger partial charge in [0.15, 0.2) is 5.82 Å². The molecule has 132 valence electrons. The van der Waals surface area contributed by atoms with Crippen LogP contribution in [-0.2, 0) is 16.1 Å². The maximum absolute atomic E-state index is 13.7. The second-order valence-electron chi connectivity index (χ2n) is 6.31. The molecule has 3 aromatic rings. The summed E-state index contributed by atoms with van der Waals surface area (Å²) in [6.45, 7) is 0.359. The predicted molar refractivity (Wildman–Crippen MR) is 94.8 cm³/mol. The van der Waals surface area contributed by atoms with Gasteiger partial charge in [-0.2, -0.15) is 5.10 Å². The number of hydrogen-bond acceptors (Lipinski definition) is 3. The lowest BCUT2D eigenvalue weighted by Gasteiger charge is -2.14. The number of carbonyl (C=O) groups is 2. The van der Waals surface area contributed by atoms with E-state index in [0.717, 1.165) is 10.9 Å². The van der Waals surface area contributed by atoms with Crippen LogP contribution in [0.25, 0.3) is 10.9 Å². The average Bonchev–Trinajstić information content (AvgIpc) is 3.24. The number of nitrogens with zero attached hydrogens (tertiary/aromatic N) is 2. The van der Waals surface area contributed by atoms with E-state index in [-0.39, 0.29) is 37.1 Å². The largest absolute Gasteiger partial charge is 0.352 e. The lowest BCUT2D eigenvalue weighted by molar-refractivity contribution is -0.126. The highest BCUT2D eigenvalue weighted by atomic mass is 19.1. The second kappa shape index (κ2) is 6.59. The van der Waals surface area contributed by atoms with Crippen molar-refractivity contribution in [3.8, 4) is 0 Å². The summed E-state index contributed by atoms with van der Waals surface area (Å²) in [5.41, 5.74) is 1.25. The molecule has 6 nitrogen and oxygen atoms in total. The Morgan fingerprint density at radius 3 is 2.85 bits per heavy atom. The van der Waals surface area contributed by atoms with Gasteiger partial charge in [-0.05, 0) is 18.2 Å². The number of nitrogens with one attached hydrogen (secondary N) is 2. The molecule has 4 rings (SSSR count). The van der Waals surface area contributed by atoms with Gasteiger partial charge in [-0.1, -0.05) is 30.3 Å². The first-order chi connectivity index (χ1) is 12.6. The number of H-pyrrole nitrogens is 1. The van der Waals surface area contributed by atoms with Crippen molar-refractivity contribution in [1.29, 1.82) is 0 Å². The van der Waals surface area contributed by atoms with Crippen molar-refractivity contribution in [3.63, 3.8) is 0 Å². The van der Waals surface area contributed by atoms with E-state index in [4.69, 9.17) is 0 Å². The molecule has 26 heavy (non-hydrogen) atoms. The highest BCUT2D eigenvalue weighted by molar-refractivity contribution is 6.05. The molecule has 1 fully saturated rings. The molecule has 0 spiro atoms. The first-order valence-electron chi connectivity index (χ1n) is 8.38. The van der Waals surface area contributed by atoms with Crippen LogP contribution in [0.1, 0.15) is 12.0 Å². The van der Waals surface area contributed by atoms with Gasteiger partial charge in [0.05, 0.1) is 11.4 Å². The molecule has 2 aromatic carbocycles. The third kappa shape index (κ3) is 2.92. The summed E-state index contributed by atoms with van der Waals surface area (Å²) < 4.78 is 13.7. The molecule has 1 atom stereocenters. The number of aromatic nitrogens is 2. The molecule has 0 radical (unpaired) electrons. The van der Waals surface area contributed by atoms with Crippen molar-refractivity contribution in [3.05, 3.63) is 59.9 Å². The number of rotatable bonds is 4. The molecular formula is C19H17FN4O2. The van der Waals surface area contributed by atoms with E-state index in [1.165, 1.54) is 11.0 Å². The lowest BCUT2D eigenvalue weighted by atomic mass is 10.1. The standard InChI is InChI=1S/C19H17FN4O2/c20-15-7-3-1-5-12(15)10-21-19(26)13-9-17(25)24(11-13)18-14-6-2-4-8-16(14)22-23-18/h1-8,13H,9-11H2,(H,21,26)(H,22,23)/t13-/m1/s1. The molecule has 2 N–H and O–H groups in total. The van der Waals surface area contributed by atoms with Crippen LogP contribution >= 0.6 is 0 Å². The van der Waals surface area contributed by atoms with Crippen LogP contribution in [0.15, 0.2) is 48.5 Å². The minimum atomic E-state index is -0.482. The van der Waals surface area contributed by atoms with Crippen LogP contribution in [-0.4, -0.2) is 28.6 Å². The van der Waals surface area contributed by atoms with Crippen molar-refractivity contribution >= 4 is 28.5 Å². The van der Waals surface area contributed by atoms with Crippen LogP contribution in [0.4, 0.5) is 10.2 Å². The smallest absolute Gasteiger partial charge is 0.229 e. The van der Waals surface area contributed by atoms with Gasteiger partial charge in [-0.15, -0.1) is 0 Å². The lowest BCUT2D eigenvalue weighted by Crippen LogP contribution is -2.33. The Balaban J connectivity index is 1.46. The Kier molecular flexibility index (Phi) is 4.12. The first-order valence-corrected chi connectivity index (χ1v) is 8.38. The fraction of sp³-hybridized carbons (Fsp3) is 0.211. The number of hydrogen-bond donors (Lipinski definition) is 2. The van der Waals surface area contributed by atoms with Crippen LogP contribution in [0, 0.1) is 11.7 Å². The monoisotopic (exact) mass is 352 g/mol. The first kappa shape index (κ1) is 16.3. The molecule has 0 aliphatic carbocycles. The minimum absolute atomic E-state index is 0.0987. The molecule has 2 heterocycles. The van der Waals surface area contributed by atoms with E-state index < -0.39 is 5.92 Å². The Morgan fingerprint density at radius 2 is 2.00 bits per heavy atom. The van der Waals surface area contributed by atoms with Crippen LogP contribution < -0.4 is 10.2 Å². The van der Waals surface area contributed by atoms with Crippen molar-refractivity contribution in [2.24, 2.45) is 5.92 Å². The minimum Gasteiger partial charge on any atom is -0.352 e. The number of carbonyl (C=O) groups excluding carboxylic acids is 2. The zero-order valence-corrected chi connectivity index (χ0v) is 13.9. The van der Waals surface area contributed by atoms with E-state index in [9.17, 15) is 14.0 Å². The molecule has 1 aliphatic heterocycles. The normalized spacial score (nSPS) is 17.0. The molecule has 0 bridgehead atoms. The van der Waals surface area contributed by atoms with E-state index in [0.29, 0.717) is 11.4 Å².